The van der Waals surface area contributed by atoms with Crippen LogP contribution in [0.1, 0.15) is 22.3 Å². The summed E-state index contributed by atoms with van der Waals surface area (Å²) < 4.78 is 19.2. The van der Waals surface area contributed by atoms with Crippen molar-refractivity contribution in [3.8, 4) is 17.6 Å². The van der Waals surface area contributed by atoms with Gasteiger partial charge in [0.05, 0.1) is 0 Å². The molecule has 2 nitrogen and oxygen atoms in total. The third-order valence-electron chi connectivity index (χ3n) is 3.07. The standard InChI is InChI=1S/C16H14FNO/c1-10-7-11(2)12(3)16(8-10)19-15-6-4-5-14(17)13(15)9-18/h4-8H,1-3H3. The number of benzene rings is 2. The van der Waals surface area contributed by atoms with E-state index in [-0.39, 0.29) is 11.3 Å². The Morgan fingerprint density at radius 3 is 2.53 bits per heavy atom. The maximum Gasteiger partial charge on any atom is 0.148 e. The largest absolute Gasteiger partial charge is 0.456 e. The Balaban J connectivity index is 2.48. The average molecular weight is 255 g/mol. The van der Waals surface area contributed by atoms with Crippen molar-refractivity contribution in [3.63, 3.8) is 0 Å². The molecule has 0 heterocycles. The van der Waals surface area contributed by atoms with Crippen LogP contribution in [-0.4, -0.2) is 0 Å². The average Bonchev–Trinajstić information content (AvgIpc) is 2.35. The number of ether oxygens (including phenoxy) is 1. The number of nitrogens with zero attached hydrogens (tertiary/aromatic N) is 1. The molecule has 0 bridgehead atoms. The first-order chi connectivity index (χ1) is 9.02. The molecule has 0 spiro atoms. The van der Waals surface area contributed by atoms with E-state index in [4.69, 9.17) is 10.00 Å². The van der Waals surface area contributed by atoms with Crippen molar-refractivity contribution in [3.05, 3.63) is 58.4 Å². The molecule has 0 aliphatic rings. The highest BCUT2D eigenvalue weighted by molar-refractivity contribution is 5.49. The number of halogens is 1. The fourth-order valence-electron chi connectivity index (χ4n) is 1.92. The fourth-order valence-corrected chi connectivity index (χ4v) is 1.92. The highest BCUT2D eigenvalue weighted by Crippen LogP contribution is 2.31. The Kier molecular flexibility index (Phi) is 3.52. The third-order valence-corrected chi connectivity index (χ3v) is 3.07. The van der Waals surface area contributed by atoms with Crippen LogP contribution in [-0.2, 0) is 0 Å². The summed E-state index contributed by atoms with van der Waals surface area (Å²) in [7, 11) is 0. The molecule has 2 aromatic carbocycles. The maximum atomic E-state index is 13.5. The molecule has 0 amide bonds. The zero-order valence-electron chi connectivity index (χ0n) is 11.1. The van der Waals surface area contributed by atoms with Crippen LogP contribution in [0.25, 0.3) is 0 Å². The third kappa shape index (κ3) is 2.58. The minimum absolute atomic E-state index is 0.0685. The molecule has 0 unspecified atom stereocenters. The Labute approximate surface area is 112 Å². The summed E-state index contributed by atoms with van der Waals surface area (Å²) in [6.07, 6.45) is 0. The molecule has 2 rings (SSSR count). The van der Waals surface area contributed by atoms with Gasteiger partial charge in [0.15, 0.2) is 0 Å². The van der Waals surface area contributed by atoms with E-state index in [0.29, 0.717) is 5.75 Å². The van der Waals surface area contributed by atoms with Crippen LogP contribution in [0.2, 0.25) is 0 Å². The van der Waals surface area contributed by atoms with Crippen LogP contribution >= 0.6 is 0 Å². The van der Waals surface area contributed by atoms with Gasteiger partial charge in [-0.15, -0.1) is 0 Å². The minimum atomic E-state index is -0.568. The van der Waals surface area contributed by atoms with Gasteiger partial charge in [-0.05, 0) is 55.7 Å². The molecular weight excluding hydrogens is 241 g/mol. The Hall–Kier alpha value is -2.34. The molecule has 0 radical (unpaired) electrons. The lowest BCUT2D eigenvalue weighted by molar-refractivity contribution is 0.470. The van der Waals surface area contributed by atoms with Gasteiger partial charge in [0.1, 0.15) is 28.9 Å². The van der Waals surface area contributed by atoms with Crippen LogP contribution in [0, 0.1) is 37.9 Å². The first-order valence-corrected chi connectivity index (χ1v) is 5.97. The lowest BCUT2D eigenvalue weighted by Gasteiger charge is -2.13. The Morgan fingerprint density at radius 2 is 1.84 bits per heavy atom. The number of aryl methyl sites for hydroxylation is 2. The van der Waals surface area contributed by atoms with Crippen LogP contribution in [0.15, 0.2) is 30.3 Å². The zero-order chi connectivity index (χ0) is 14.0. The van der Waals surface area contributed by atoms with E-state index in [1.54, 1.807) is 6.07 Å². The van der Waals surface area contributed by atoms with Gasteiger partial charge in [-0.1, -0.05) is 12.1 Å². The summed E-state index contributed by atoms with van der Waals surface area (Å²) in [4.78, 5) is 0. The molecule has 0 saturated heterocycles. The SMILES string of the molecule is Cc1cc(C)c(C)c(Oc2cccc(F)c2C#N)c1. The molecule has 0 atom stereocenters. The second-order valence-electron chi connectivity index (χ2n) is 4.53. The van der Waals surface area contributed by atoms with Crippen molar-refractivity contribution >= 4 is 0 Å². The predicted molar refractivity (Wildman–Crippen MR) is 71.8 cm³/mol. The van der Waals surface area contributed by atoms with Gasteiger partial charge in [-0.3, -0.25) is 0 Å². The second kappa shape index (κ2) is 5.11. The number of hydrogen-bond donors (Lipinski definition) is 0. The first-order valence-electron chi connectivity index (χ1n) is 5.97. The van der Waals surface area contributed by atoms with Crippen molar-refractivity contribution in [1.29, 1.82) is 5.26 Å². The van der Waals surface area contributed by atoms with Crippen molar-refractivity contribution in [1.82, 2.24) is 0 Å². The normalized spacial score (nSPS) is 10.1. The molecule has 0 aliphatic carbocycles. The Bertz CT molecular complexity index is 671. The van der Waals surface area contributed by atoms with Gasteiger partial charge in [0.25, 0.3) is 0 Å². The summed E-state index contributed by atoms with van der Waals surface area (Å²) in [6, 6.07) is 10.1. The molecular formula is C16H14FNO. The summed E-state index contributed by atoms with van der Waals surface area (Å²) in [6.45, 7) is 5.90. The highest BCUT2D eigenvalue weighted by Gasteiger charge is 2.12. The van der Waals surface area contributed by atoms with Crippen LogP contribution < -0.4 is 4.74 Å². The van der Waals surface area contributed by atoms with E-state index in [1.807, 2.05) is 32.9 Å². The molecule has 2 aromatic rings. The smallest absolute Gasteiger partial charge is 0.148 e. The van der Waals surface area contributed by atoms with E-state index in [2.05, 4.69) is 6.07 Å². The molecule has 0 fully saturated rings. The van der Waals surface area contributed by atoms with Crippen LogP contribution in [0.5, 0.6) is 11.5 Å². The van der Waals surface area contributed by atoms with Crippen molar-refractivity contribution < 1.29 is 9.13 Å². The quantitative estimate of drug-likeness (QED) is 0.796. The molecule has 3 heteroatoms. The minimum Gasteiger partial charge on any atom is -0.456 e. The molecule has 0 N–H and O–H groups in total. The van der Waals surface area contributed by atoms with E-state index in [0.717, 1.165) is 16.7 Å². The van der Waals surface area contributed by atoms with E-state index < -0.39 is 5.82 Å². The van der Waals surface area contributed by atoms with Gasteiger partial charge in [0.2, 0.25) is 0 Å². The highest BCUT2D eigenvalue weighted by atomic mass is 19.1. The lowest BCUT2D eigenvalue weighted by Crippen LogP contribution is -1.95. The molecule has 96 valence electrons. The Morgan fingerprint density at radius 1 is 1.11 bits per heavy atom. The summed E-state index contributed by atoms with van der Waals surface area (Å²) in [5, 5.41) is 8.99. The van der Waals surface area contributed by atoms with Gasteiger partial charge in [-0.25, -0.2) is 4.39 Å². The van der Waals surface area contributed by atoms with Crippen molar-refractivity contribution in [2.24, 2.45) is 0 Å². The monoisotopic (exact) mass is 255 g/mol. The van der Waals surface area contributed by atoms with Gasteiger partial charge < -0.3 is 4.74 Å². The predicted octanol–water partition coefficient (Wildman–Crippen LogP) is 4.41. The van der Waals surface area contributed by atoms with Crippen molar-refractivity contribution in [2.75, 3.05) is 0 Å². The fraction of sp³-hybridized carbons (Fsp3) is 0.188. The van der Waals surface area contributed by atoms with Crippen LogP contribution in [0.3, 0.4) is 0 Å². The topological polar surface area (TPSA) is 33.0 Å². The number of hydrogen-bond acceptors (Lipinski definition) is 2. The zero-order valence-corrected chi connectivity index (χ0v) is 11.1. The van der Waals surface area contributed by atoms with Crippen molar-refractivity contribution in [2.45, 2.75) is 20.8 Å². The number of rotatable bonds is 2. The second-order valence-corrected chi connectivity index (χ2v) is 4.53. The lowest BCUT2D eigenvalue weighted by atomic mass is 10.1. The molecule has 0 saturated carbocycles. The van der Waals surface area contributed by atoms with Gasteiger partial charge in [0, 0.05) is 0 Å². The maximum absolute atomic E-state index is 13.5. The van der Waals surface area contributed by atoms with E-state index in [9.17, 15) is 4.39 Å². The summed E-state index contributed by atoms with van der Waals surface area (Å²) in [5.41, 5.74) is 3.08. The molecule has 0 aromatic heterocycles. The first kappa shape index (κ1) is 13.1. The van der Waals surface area contributed by atoms with Crippen LogP contribution in [0.4, 0.5) is 4.39 Å². The van der Waals surface area contributed by atoms with Gasteiger partial charge in [-0.2, -0.15) is 5.26 Å². The van der Waals surface area contributed by atoms with Gasteiger partial charge >= 0.3 is 0 Å². The molecule has 0 aliphatic heterocycles. The molecule has 19 heavy (non-hydrogen) atoms. The number of nitriles is 1. The summed E-state index contributed by atoms with van der Waals surface area (Å²) >= 11 is 0. The van der Waals surface area contributed by atoms with E-state index in [1.165, 1.54) is 12.1 Å². The van der Waals surface area contributed by atoms with E-state index >= 15 is 0 Å². The summed E-state index contributed by atoms with van der Waals surface area (Å²) in [5.74, 6) is 0.331.